The molecular formula is C32H38N6O4S. The van der Waals surface area contributed by atoms with Gasteiger partial charge in [0, 0.05) is 36.4 Å². The number of nitrogens with one attached hydrogen (secondary N) is 3. The maximum atomic E-state index is 13.7. The van der Waals surface area contributed by atoms with Crippen molar-refractivity contribution in [2.45, 2.75) is 50.1 Å². The average Bonchev–Trinajstić information content (AvgIpc) is 3.36. The SMILES string of the molecule is Cc1cc(Oc2ccccc2)ccc1N1C(=O)NC2=C(C(=O)N[C@@H]3CCCN(C(=O)CN4CCC4)C3)SC3NCCC1C23. The van der Waals surface area contributed by atoms with Crippen LogP contribution < -0.4 is 25.6 Å². The second-order valence-corrected chi connectivity index (χ2v) is 13.2. The van der Waals surface area contributed by atoms with Gasteiger partial charge in [-0.1, -0.05) is 30.0 Å². The summed E-state index contributed by atoms with van der Waals surface area (Å²) in [6, 6.07) is 15.1. The molecule has 4 saturated heterocycles. The minimum Gasteiger partial charge on any atom is -0.457 e. The van der Waals surface area contributed by atoms with Gasteiger partial charge < -0.3 is 25.6 Å². The number of aryl methyl sites for hydroxylation is 1. The van der Waals surface area contributed by atoms with E-state index in [1.165, 1.54) is 11.8 Å². The summed E-state index contributed by atoms with van der Waals surface area (Å²) in [6.45, 7) is 6.46. The predicted molar refractivity (Wildman–Crippen MR) is 166 cm³/mol. The molecule has 5 aliphatic heterocycles. The number of piperidine rings is 2. The zero-order valence-electron chi connectivity index (χ0n) is 24.4. The largest absolute Gasteiger partial charge is 0.457 e. The average molecular weight is 603 g/mol. The van der Waals surface area contributed by atoms with Crippen LogP contribution in [0.25, 0.3) is 0 Å². The molecule has 5 aliphatic rings. The molecule has 11 heteroatoms. The molecule has 4 amide bonds. The Morgan fingerprint density at radius 1 is 1.05 bits per heavy atom. The number of ether oxygens (including phenoxy) is 1. The summed E-state index contributed by atoms with van der Waals surface area (Å²) in [5.74, 6) is 1.42. The number of urea groups is 1. The Morgan fingerprint density at radius 3 is 2.65 bits per heavy atom. The van der Waals surface area contributed by atoms with E-state index in [-0.39, 0.29) is 41.2 Å². The van der Waals surface area contributed by atoms with Crippen LogP contribution >= 0.6 is 11.8 Å². The van der Waals surface area contributed by atoms with Crippen molar-refractivity contribution in [3.63, 3.8) is 0 Å². The van der Waals surface area contributed by atoms with Crippen LogP contribution in [0.1, 0.15) is 31.2 Å². The number of hydrogen-bond donors (Lipinski definition) is 3. The minimum atomic E-state index is -0.218. The highest BCUT2D eigenvalue weighted by Crippen LogP contribution is 2.48. The van der Waals surface area contributed by atoms with Crippen molar-refractivity contribution in [1.29, 1.82) is 0 Å². The highest BCUT2D eigenvalue weighted by Gasteiger charge is 2.52. The third-order valence-electron chi connectivity index (χ3n) is 9.17. The molecule has 3 N–H and O–H groups in total. The predicted octanol–water partition coefficient (Wildman–Crippen LogP) is 3.39. The molecule has 10 nitrogen and oxygen atoms in total. The number of para-hydroxylation sites is 1. The van der Waals surface area contributed by atoms with Gasteiger partial charge in [-0.25, -0.2) is 4.79 Å². The molecule has 3 unspecified atom stereocenters. The lowest BCUT2D eigenvalue weighted by molar-refractivity contribution is -0.135. The van der Waals surface area contributed by atoms with E-state index < -0.39 is 0 Å². The first-order chi connectivity index (χ1) is 20.9. The van der Waals surface area contributed by atoms with Crippen LogP contribution in [0.2, 0.25) is 0 Å². The van der Waals surface area contributed by atoms with E-state index in [0.717, 1.165) is 68.9 Å². The molecule has 5 heterocycles. The van der Waals surface area contributed by atoms with Gasteiger partial charge in [0.05, 0.1) is 22.9 Å². The number of carbonyl (C=O) groups is 3. The van der Waals surface area contributed by atoms with Crippen LogP contribution in [-0.4, -0.2) is 84.4 Å². The molecule has 226 valence electrons. The van der Waals surface area contributed by atoms with E-state index in [0.29, 0.717) is 29.4 Å². The lowest BCUT2D eigenvalue weighted by atomic mass is 9.86. The van der Waals surface area contributed by atoms with Crippen molar-refractivity contribution < 1.29 is 19.1 Å². The molecule has 4 atom stereocenters. The van der Waals surface area contributed by atoms with Crippen LogP contribution in [-0.2, 0) is 9.59 Å². The number of anilines is 1. The second-order valence-electron chi connectivity index (χ2n) is 12.1. The number of hydrogen-bond acceptors (Lipinski definition) is 7. The lowest BCUT2D eigenvalue weighted by Gasteiger charge is -2.46. The van der Waals surface area contributed by atoms with Crippen molar-refractivity contribution >= 4 is 35.3 Å². The van der Waals surface area contributed by atoms with Crippen LogP contribution in [0.4, 0.5) is 10.5 Å². The summed E-state index contributed by atoms with van der Waals surface area (Å²) in [6.07, 6.45) is 3.64. The van der Waals surface area contributed by atoms with E-state index in [1.54, 1.807) is 0 Å². The van der Waals surface area contributed by atoms with Gasteiger partial charge in [0.15, 0.2) is 0 Å². The maximum absolute atomic E-state index is 13.7. The van der Waals surface area contributed by atoms with Crippen LogP contribution in [0.15, 0.2) is 59.1 Å². The van der Waals surface area contributed by atoms with E-state index in [1.807, 2.05) is 65.3 Å². The molecule has 43 heavy (non-hydrogen) atoms. The fraction of sp³-hybridized carbons (Fsp3) is 0.469. The first kappa shape index (κ1) is 28.2. The van der Waals surface area contributed by atoms with Crippen molar-refractivity contribution in [2.24, 2.45) is 5.92 Å². The summed E-state index contributed by atoms with van der Waals surface area (Å²) in [5.41, 5.74) is 2.50. The number of benzene rings is 2. The van der Waals surface area contributed by atoms with Crippen LogP contribution in [0, 0.1) is 12.8 Å². The first-order valence-corrected chi connectivity index (χ1v) is 16.2. The molecule has 0 bridgehead atoms. The summed E-state index contributed by atoms with van der Waals surface area (Å²) in [5, 5.41) is 9.88. The normalized spacial score (nSPS) is 26.9. The first-order valence-electron chi connectivity index (χ1n) is 15.3. The third kappa shape index (κ3) is 5.61. The molecule has 0 aliphatic carbocycles. The highest BCUT2D eigenvalue weighted by atomic mass is 32.2. The van der Waals surface area contributed by atoms with Gasteiger partial charge >= 0.3 is 6.03 Å². The summed E-state index contributed by atoms with van der Waals surface area (Å²) < 4.78 is 6.02. The fourth-order valence-corrected chi connectivity index (χ4v) is 8.29. The Morgan fingerprint density at radius 2 is 1.88 bits per heavy atom. The smallest absolute Gasteiger partial charge is 0.326 e. The summed E-state index contributed by atoms with van der Waals surface area (Å²) in [4.78, 5) is 46.7. The van der Waals surface area contributed by atoms with Crippen LogP contribution in [0.5, 0.6) is 11.5 Å². The van der Waals surface area contributed by atoms with Gasteiger partial charge in [-0.3, -0.25) is 19.4 Å². The molecule has 0 aromatic heterocycles. The van der Waals surface area contributed by atoms with E-state index in [4.69, 9.17) is 4.74 Å². The molecule has 2 aromatic rings. The van der Waals surface area contributed by atoms with Gasteiger partial charge in [0.1, 0.15) is 11.5 Å². The monoisotopic (exact) mass is 602 g/mol. The quantitative estimate of drug-likeness (QED) is 0.446. The fourth-order valence-electron chi connectivity index (χ4n) is 6.89. The molecule has 4 fully saturated rings. The zero-order chi connectivity index (χ0) is 29.5. The number of likely N-dealkylation sites (tertiary alicyclic amines) is 2. The third-order valence-corrected chi connectivity index (χ3v) is 10.5. The van der Waals surface area contributed by atoms with Gasteiger partial charge in [-0.2, -0.15) is 0 Å². The second kappa shape index (κ2) is 11.9. The number of thioether (sulfide) groups is 1. The summed E-state index contributed by atoms with van der Waals surface area (Å²) >= 11 is 1.51. The number of rotatable bonds is 7. The molecule has 0 saturated carbocycles. The maximum Gasteiger partial charge on any atom is 0.326 e. The van der Waals surface area contributed by atoms with Crippen molar-refractivity contribution in [3.05, 3.63) is 64.7 Å². The van der Waals surface area contributed by atoms with E-state index in [9.17, 15) is 14.4 Å². The Balaban J connectivity index is 1.06. The van der Waals surface area contributed by atoms with Gasteiger partial charge in [0.2, 0.25) is 5.91 Å². The Hall–Kier alpha value is -3.54. The van der Waals surface area contributed by atoms with Crippen molar-refractivity contribution in [3.8, 4) is 11.5 Å². The van der Waals surface area contributed by atoms with Gasteiger partial charge in [-0.15, -0.1) is 0 Å². The molecule has 2 aromatic carbocycles. The van der Waals surface area contributed by atoms with Crippen molar-refractivity contribution in [1.82, 2.24) is 25.8 Å². The molecule has 0 radical (unpaired) electrons. The Labute approximate surface area is 256 Å². The number of nitrogens with zero attached hydrogens (tertiary/aromatic N) is 3. The minimum absolute atomic E-state index is 0.000415. The molecular weight excluding hydrogens is 564 g/mol. The van der Waals surface area contributed by atoms with Gasteiger partial charge in [-0.05, 0) is 88.1 Å². The van der Waals surface area contributed by atoms with E-state index >= 15 is 0 Å². The number of amides is 4. The Kier molecular flexibility index (Phi) is 7.79. The molecule has 7 rings (SSSR count). The number of carbonyl (C=O) groups excluding carboxylic acids is 3. The van der Waals surface area contributed by atoms with Crippen molar-refractivity contribution in [2.75, 3.05) is 44.2 Å². The van der Waals surface area contributed by atoms with Gasteiger partial charge in [0.25, 0.3) is 5.91 Å². The topological polar surface area (TPSA) is 106 Å². The summed E-state index contributed by atoms with van der Waals surface area (Å²) in [7, 11) is 0. The standard InChI is InChI=1S/C32H38N6O4S/c1-20-17-23(42-22-8-3-2-4-9-22)10-11-24(20)38-25-12-13-33-31-27(25)28(35-32(38)41)29(43-31)30(40)34-21-7-5-16-37(18-21)26(39)19-36-14-6-15-36/h2-4,8-11,17,21,25,27,31,33H,5-7,12-16,18-19H2,1H3,(H,34,40)(H,35,41)/t21-,25?,27?,31?/m1/s1. The van der Waals surface area contributed by atoms with Crippen LogP contribution in [0.3, 0.4) is 0 Å². The zero-order valence-corrected chi connectivity index (χ0v) is 25.2. The molecule has 0 spiro atoms. The Bertz CT molecular complexity index is 1450. The lowest BCUT2D eigenvalue weighted by Crippen LogP contribution is -2.62. The highest BCUT2D eigenvalue weighted by molar-refractivity contribution is 8.04. The van der Waals surface area contributed by atoms with E-state index in [2.05, 4.69) is 20.9 Å².